The molecule has 3 aromatic carbocycles. The standard InChI is InChI=1S/C30H35FN2O3/c1-21-15-22(2)17-25(16-21)36-20-28(34)33(19-24-13-9-10-14-26(24)31)27(29(35)32-30(3,4)5)18-23-11-7-6-8-12-23/h6-17,27H,18-20H2,1-5H3,(H,32,35). The van der Waals surface area contributed by atoms with Crippen LogP contribution in [0.15, 0.2) is 72.8 Å². The molecule has 3 rings (SSSR count). The van der Waals surface area contributed by atoms with Crippen molar-refractivity contribution in [3.05, 3.63) is 101 Å². The Kier molecular flexibility index (Phi) is 8.86. The molecule has 2 amide bonds. The molecule has 0 saturated heterocycles. The largest absolute Gasteiger partial charge is 0.484 e. The number of carbonyl (C=O) groups is 2. The number of nitrogens with zero attached hydrogens (tertiary/aromatic N) is 1. The smallest absolute Gasteiger partial charge is 0.261 e. The third kappa shape index (κ3) is 7.94. The second-order valence-corrected chi connectivity index (χ2v) is 10.2. The van der Waals surface area contributed by atoms with Gasteiger partial charge in [0.25, 0.3) is 5.91 Å². The van der Waals surface area contributed by atoms with Gasteiger partial charge in [0.2, 0.25) is 5.91 Å². The predicted octanol–water partition coefficient (Wildman–Crippen LogP) is 5.38. The van der Waals surface area contributed by atoms with E-state index in [1.54, 1.807) is 18.2 Å². The molecule has 0 radical (unpaired) electrons. The highest BCUT2D eigenvalue weighted by atomic mass is 19.1. The summed E-state index contributed by atoms with van der Waals surface area (Å²) in [6.07, 6.45) is 0.284. The van der Waals surface area contributed by atoms with Crippen LogP contribution >= 0.6 is 0 Å². The van der Waals surface area contributed by atoms with E-state index in [1.807, 2.05) is 83.1 Å². The highest BCUT2D eigenvalue weighted by molar-refractivity contribution is 5.89. The van der Waals surface area contributed by atoms with Gasteiger partial charge in [-0.1, -0.05) is 54.6 Å². The van der Waals surface area contributed by atoms with Gasteiger partial charge in [0, 0.05) is 24.1 Å². The molecule has 1 atom stereocenters. The van der Waals surface area contributed by atoms with Crippen molar-refractivity contribution < 1.29 is 18.7 Å². The second kappa shape index (κ2) is 11.8. The van der Waals surface area contributed by atoms with Gasteiger partial charge in [0.05, 0.1) is 0 Å². The Morgan fingerprint density at radius 3 is 2.17 bits per heavy atom. The summed E-state index contributed by atoms with van der Waals surface area (Å²) in [6, 6.07) is 20.7. The molecule has 190 valence electrons. The molecule has 0 aliphatic rings. The molecule has 0 spiro atoms. The Morgan fingerprint density at radius 1 is 0.944 bits per heavy atom. The molecule has 1 N–H and O–H groups in total. The number of hydrogen-bond acceptors (Lipinski definition) is 3. The van der Waals surface area contributed by atoms with Crippen LogP contribution in [0.1, 0.15) is 43.0 Å². The van der Waals surface area contributed by atoms with Crippen LogP contribution in [0.3, 0.4) is 0 Å². The molecule has 0 aliphatic carbocycles. The molecule has 5 nitrogen and oxygen atoms in total. The Labute approximate surface area is 213 Å². The van der Waals surface area contributed by atoms with Gasteiger partial charge in [-0.25, -0.2) is 4.39 Å². The van der Waals surface area contributed by atoms with Crippen LogP contribution in [0, 0.1) is 19.7 Å². The fraction of sp³-hybridized carbons (Fsp3) is 0.333. The van der Waals surface area contributed by atoms with Gasteiger partial charge >= 0.3 is 0 Å². The van der Waals surface area contributed by atoms with E-state index in [9.17, 15) is 14.0 Å². The van der Waals surface area contributed by atoms with E-state index in [2.05, 4.69) is 5.32 Å². The van der Waals surface area contributed by atoms with Crippen molar-refractivity contribution in [1.29, 1.82) is 0 Å². The van der Waals surface area contributed by atoms with Crippen LogP contribution in [0.25, 0.3) is 0 Å². The lowest BCUT2D eigenvalue weighted by Gasteiger charge is -2.33. The van der Waals surface area contributed by atoms with Gasteiger partial charge in [-0.2, -0.15) is 0 Å². The van der Waals surface area contributed by atoms with E-state index in [0.717, 1.165) is 16.7 Å². The average Bonchev–Trinajstić information content (AvgIpc) is 2.80. The van der Waals surface area contributed by atoms with E-state index < -0.39 is 23.3 Å². The summed E-state index contributed by atoms with van der Waals surface area (Å²) in [5.41, 5.74) is 2.76. The molecule has 36 heavy (non-hydrogen) atoms. The maximum Gasteiger partial charge on any atom is 0.261 e. The van der Waals surface area contributed by atoms with Crippen LogP contribution in [0.4, 0.5) is 4.39 Å². The van der Waals surface area contributed by atoms with Gasteiger partial charge in [-0.15, -0.1) is 0 Å². The Bertz CT molecular complexity index is 1170. The molecule has 6 heteroatoms. The zero-order chi connectivity index (χ0) is 26.3. The highest BCUT2D eigenvalue weighted by Crippen LogP contribution is 2.20. The zero-order valence-electron chi connectivity index (χ0n) is 21.7. The first-order valence-corrected chi connectivity index (χ1v) is 12.1. The third-order valence-corrected chi connectivity index (χ3v) is 5.63. The average molecular weight is 491 g/mol. The number of hydrogen-bond donors (Lipinski definition) is 1. The van der Waals surface area contributed by atoms with Crippen molar-refractivity contribution in [2.24, 2.45) is 0 Å². The van der Waals surface area contributed by atoms with E-state index in [-0.39, 0.29) is 25.5 Å². The van der Waals surface area contributed by atoms with E-state index in [1.165, 1.54) is 11.0 Å². The number of ether oxygens (including phenoxy) is 1. The van der Waals surface area contributed by atoms with Crippen molar-refractivity contribution in [2.75, 3.05) is 6.61 Å². The van der Waals surface area contributed by atoms with Crippen molar-refractivity contribution in [2.45, 2.75) is 59.2 Å². The Balaban J connectivity index is 1.95. The Hall–Kier alpha value is -3.67. The molecule has 0 aliphatic heterocycles. The number of nitrogens with one attached hydrogen (secondary N) is 1. The molecule has 0 bridgehead atoms. The quantitative estimate of drug-likeness (QED) is 0.438. The van der Waals surface area contributed by atoms with Gasteiger partial charge in [-0.3, -0.25) is 9.59 Å². The highest BCUT2D eigenvalue weighted by Gasteiger charge is 2.33. The minimum absolute atomic E-state index is 0.0588. The summed E-state index contributed by atoms with van der Waals surface area (Å²) in [7, 11) is 0. The minimum atomic E-state index is -0.860. The van der Waals surface area contributed by atoms with Crippen molar-refractivity contribution >= 4 is 11.8 Å². The number of benzene rings is 3. The summed E-state index contributed by atoms with van der Waals surface area (Å²) in [5, 5.41) is 3.00. The molecule has 0 fully saturated rings. The molecule has 0 saturated carbocycles. The minimum Gasteiger partial charge on any atom is -0.484 e. The number of amides is 2. The fourth-order valence-corrected chi connectivity index (χ4v) is 4.06. The van der Waals surface area contributed by atoms with Gasteiger partial charge in [0.1, 0.15) is 17.6 Å². The van der Waals surface area contributed by atoms with E-state index in [0.29, 0.717) is 11.3 Å². The summed E-state index contributed by atoms with van der Waals surface area (Å²) in [4.78, 5) is 28.5. The van der Waals surface area contributed by atoms with Gasteiger partial charge in [-0.05, 0) is 69.5 Å². The number of aryl methyl sites for hydroxylation is 2. The molecule has 3 aromatic rings. The third-order valence-electron chi connectivity index (χ3n) is 5.63. The Morgan fingerprint density at radius 2 is 1.56 bits per heavy atom. The number of halogens is 1. The van der Waals surface area contributed by atoms with Crippen LogP contribution in [0.5, 0.6) is 5.75 Å². The molecule has 0 aromatic heterocycles. The summed E-state index contributed by atoms with van der Waals surface area (Å²) in [5.74, 6) is -0.560. The SMILES string of the molecule is Cc1cc(C)cc(OCC(=O)N(Cc2ccccc2F)C(Cc2ccccc2)C(=O)NC(C)(C)C)c1. The van der Waals surface area contributed by atoms with Gasteiger partial charge < -0.3 is 15.0 Å². The first-order valence-electron chi connectivity index (χ1n) is 12.1. The lowest BCUT2D eigenvalue weighted by atomic mass is 10.0. The van der Waals surface area contributed by atoms with Crippen LogP contribution in [-0.4, -0.2) is 34.9 Å². The fourth-order valence-electron chi connectivity index (χ4n) is 4.06. The summed E-state index contributed by atoms with van der Waals surface area (Å²) >= 11 is 0. The normalized spacial score (nSPS) is 12.1. The van der Waals surface area contributed by atoms with E-state index in [4.69, 9.17) is 4.74 Å². The van der Waals surface area contributed by atoms with Crippen molar-refractivity contribution in [1.82, 2.24) is 10.2 Å². The lowest BCUT2D eigenvalue weighted by Crippen LogP contribution is -2.55. The lowest BCUT2D eigenvalue weighted by molar-refractivity contribution is -0.143. The topological polar surface area (TPSA) is 58.6 Å². The van der Waals surface area contributed by atoms with Crippen LogP contribution < -0.4 is 10.1 Å². The number of rotatable bonds is 9. The maximum absolute atomic E-state index is 14.6. The van der Waals surface area contributed by atoms with Crippen LogP contribution in [-0.2, 0) is 22.6 Å². The van der Waals surface area contributed by atoms with Gasteiger partial charge in [0.15, 0.2) is 6.61 Å². The molecule has 1 unspecified atom stereocenters. The summed E-state index contributed by atoms with van der Waals surface area (Å²) < 4.78 is 20.5. The molecular weight excluding hydrogens is 455 g/mol. The molecular formula is C30H35FN2O3. The zero-order valence-corrected chi connectivity index (χ0v) is 21.7. The van der Waals surface area contributed by atoms with Crippen molar-refractivity contribution in [3.8, 4) is 5.75 Å². The first kappa shape index (κ1) is 26.9. The van der Waals surface area contributed by atoms with Crippen molar-refractivity contribution in [3.63, 3.8) is 0 Å². The maximum atomic E-state index is 14.6. The summed E-state index contributed by atoms with van der Waals surface area (Å²) in [6.45, 7) is 9.24. The number of carbonyl (C=O) groups excluding carboxylic acids is 2. The molecule has 0 heterocycles. The predicted molar refractivity (Wildman–Crippen MR) is 140 cm³/mol. The van der Waals surface area contributed by atoms with Crippen LogP contribution in [0.2, 0.25) is 0 Å². The monoisotopic (exact) mass is 490 g/mol. The van der Waals surface area contributed by atoms with E-state index >= 15 is 0 Å². The first-order chi connectivity index (χ1) is 17.0. The second-order valence-electron chi connectivity index (χ2n) is 10.2.